The molecule has 0 unspecified atom stereocenters. The highest BCUT2D eigenvalue weighted by Gasteiger charge is 2.16. The predicted octanol–water partition coefficient (Wildman–Crippen LogP) is 3.94. The number of hydrogen-bond acceptors (Lipinski definition) is 4. The first kappa shape index (κ1) is 17.8. The van der Waals surface area contributed by atoms with Crippen LogP contribution in [0.5, 0.6) is 0 Å². The summed E-state index contributed by atoms with van der Waals surface area (Å²) in [5.41, 5.74) is 1.48. The third-order valence-corrected chi connectivity index (χ3v) is 3.70. The van der Waals surface area contributed by atoms with E-state index >= 15 is 0 Å². The van der Waals surface area contributed by atoms with E-state index in [1.165, 1.54) is 18.2 Å². The van der Waals surface area contributed by atoms with Gasteiger partial charge in [0.05, 0.1) is 4.92 Å². The lowest BCUT2D eigenvalue weighted by Gasteiger charge is -2.10. The molecule has 0 aromatic heterocycles. The first-order chi connectivity index (χ1) is 11.4. The predicted molar refractivity (Wildman–Crippen MR) is 97.6 cm³/mol. The van der Waals surface area contributed by atoms with Gasteiger partial charge in [0.2, 0.25) is 0 Å². The first-order valence-corrected chi connectivity index (χ1v) is 7.84. The second kappa shape index (κ2) is 7.85. The molecule has 0 spiro atoms. The van der Waals surface area contributed by atoms with Crippen LogP contribution in [0.1, 0.15) is 22.8 Å². The van der Waals surface area contributed by atoms with Crippen molar-refractivity contribution in [2.24, 2.45) is 0 Å². The molecule has 24 heavy (non-hydrogen) atoms. The number of aryl methyl sites for hydroxylation is 1. The Morgan fingerprint density at radius 3 is 2.50 bits per heavy atom. The Bertz CT molecular complexity index is 794. The Morgan fingerprint density at radius 2 is 1.92 bits per heavy atom. The van der Waals surface area contributed by atoms with Crippen LogP contribution in [0.15, 0.2) is 42.5 Å². The molecule has 0 saturated heterocycles. The van der Waals surface area contributed by atoms with Gasteiger partial charge < -0.3 is 5.32 Å². The number of nitro groups is 1. The molecular weight excluding hydrogens is 350 g/mol. The summed E-state index contributed by atoms with van der Waals surface area (Å²) in [5, 5.41) is 16.4. The van der Waals surface area contributed by atoms with Crippen molar-refractivity contribution in [2.75, 3.05) is 5.32 Å². The molecule has 0 bridgehead atoms. The number of carbonyl (C=O) groups excluding carboxylic acids is 1. The highest BCUT2D eigenvalue weighted by Crippen LogP contribution is 2.27. The summed E-state index contributed by atoms with van der Waals surface area (Å²) < 4.78 is 0. The van der Waals surface area contributed by atoms with Gasteiger partial charge in [-0.3, -0.25) is 20.2 Å². The van der Waals surface area contributed by atoms with Crippen molar-refractivity contribution in [1.82, 2.24) is 5.32 Å². The fourth-order valence-electron chi connectivity index (χ4n) is 1.98. The average Bonchev–Trinajstić information content (AvgIpc) is 2.56. The summed E-state index contributed by atoms with van der Waals surface area (Å²) in [6.07, 6.45) is 0.877. The van der Waals surface area contributed by atoms with Crippen LogP contribution >= 0.6 is 23.8 Å². The SMILES string of the molecule is CCc1ccc(C(=O)NC(=S)Nc2ccc(Cl)cc2[N+](=O)[O-])cc1. The molecule has 0 aliphatic rings. The van der Waals surface area contributed by atoms with Crippen molar-refractivity contribution in [3.8, 4) is 0 Å². The molecule has 0 atom stereocenters. The molecule has 6 nitrogen and oxygen atoms in total. The molecule has 0 fully saturated rings. The van der Waals surface area contributed by atoms with Gasteiger partial charge in [-0.2, -0.15) is 0 Å². The summed E-state index contributed by atoms with van der Waals surface area (Å²) in [5.74, 6) is -0.397. The average molecular weight is 364 g/mol. The van der Waals surface area contributed by atoms with Crippen molar-refractivity contribution in [3.05, 3.63) is 68.7 Å². The minimum Gasteiger partial charge on any atom is -0.327 e. The summed E-state index contributed by atoms with van der Waals surface area (Å²) in [4.78, 5) is 22.6. The largest absolute Gasteiger partial charge is 0.327 e. The number of thiocarbonyl (C=S) groups is 1. The number of nitrogens with zero attached hydrogens (tertiary/aromatic N) is 1. The molecule has 0 heterocycles. The van der Waals surface area contributed by atoms with E-state index in [-0.39, 0.29) is 21.5 Å². The minimum absolute atomic E-state index is 0.0370. The summed E-state index contributed by atoms with van der Waals surface area (Å²) in [6, 6.07) is 11.2. The van der Waals surface area contributed by atoms with Crippen LogP contribution in [0.4, 0.5) is 11.4 Å². The second-order valence-electron chi connectivity index (χ2n) is 4.88. The molecule has 2 aromatic rings. The number of rotatable bonds is 4. The maximum atomic E-state index is 12.1. The minimum atomic E-state index is -0.581. The van der Waals surface area contributed by atoms with Crippen LogP contribution in [-0.4, -0.2) is 15.9 Å². The highest BCUT2D eigenvalue weighted by atomic mass is 35.5. The third-order valence-electron chi connectivity index (χ3n) is 3.26. The fraction of sp³-hybridized carbons (Fsp3) is 0.125. The maximum Gasteiger partial charge on any atom is 0.294 e. The molecule has 0 saturated carbocycles. The zero-order chi connectivity index (χ0) is 17.7. The van der Waals surface area contributed by atoms with Crippen molar-refractivity contribution < 1.29 is 9.72 Å². The zero-order valence-corrected chi connectivity index (χ0v) is 14.3. The Hall–Kier alpha value is -2.51. The smallest absolute Gasteiger partial charge is 0.294 e. The number of anilines is 1. The molecule has 124 valence electrons. The quantitative estimate of drug-likeness (QED) is 0.488. The Kier molecular flexibility index (Phi) is 5.83. The maximum absolute atomic E-state index is 12.1. The second-order valence-corrected chi connectivity index (χ2v) is 5.72. The fourth-order valence-corrected chi connectivity index (χ4v) is 2.35. The zero-order valence-electron chi connectivity index (χ0n) is 12.7. The molecule has 0 aliphatic carbocycles. The molecular formula is C16H14ClN3O3S. The van der Waals surface area contributed by atoms with Crippen LogP contribution in [0, 0.1) is 10.1 Å². The molecule has 8 heteroatoms. The van der Waals surface area contributed by atoms with Crippen molar-refractivity contribution in [1.29, 1.82) is 0 Å². The summed E-state index contributed by atoms with van der Waals surface area (Å²) >= 11 is 10.8. The van der Waals surface area contributed by atoms with Crippen LogP contribution in [-0.2, 0) is 6.42 Å². The van der Waals surface area contributed by atoms with E-state index in [1.807, 2.05) is 19.1 Å². The van der Waals surface area contributed by atoms with Crippen molar-refractivity contribution in [3.63, 3.8) is 0 Å². The molecule has 2 N–H and O–H groups in total. The van der Waals surface area contributed by atoms with Gasteiger partial charge in [0, 0.05) is 16.7 Å². The highest BCUT2D eigenvalue weighted by molar-refractivity contribution is 7.80. The Labute approximate surface area is 149 Å². The van der Waals surface area contributed by atoms with Crippen LogP contribution < -0.4 is 10.6 Å². The third kappa shape index (κ3) is 4.50. The van der Waals surface area contributed by atoms with E-state index in [4.69, 9.17) is 23.8 Å². The van der Waals surface area contributed by atoms with Gasteiger partial charge in [0.15, 0.2) is 5.11 Å². The van der Waals surface area contributed by atoms with E-state index in [9.17, 15) is 14.9 Å². The lowest BCUT2D eigenvalue weighted by atomic mass is 10.1. The van der Waals surface area contributed by atoms with Gasteiger partial charge >= 0.3 is 0 Å². The van der Waals surface area contributed by atoms with Crippen LogP contribution in [0.25, 0.3) is 0 Å². The van der Waals surface area contributed by atoms with Gasteiger partial charge in [-0.05, 0) is 48.5 Å². The molecule has 2 aromatic carbocycles. The normalized spacial score (nSPS) is 10.1. The number of nitrogens with one attached hydrogen (secondary N) is 2. The number of amides is 1. The monoisotopic (exact) mass is 363 g/mol. The molecule has 0 radical (unpaired) electrons. The lowest BCUT2D eigenvalue weighted by Crippen LogP contribution is -2.34. The van der Waals surface area contributed by atoms with Crippen LogP contribution in [0.2, 0.25) is 5.02 Å². The number of hydrogen-bond donors (Lipinski definition) is 2. The number of nitro benzene ring substituents is 1. The Balaban J connectivity index is 2.07. The van der Waals surface area contributed by atoms with Gasteiger partial charge in [-0.15, -0.1) is 0 Å². The number of carbonyl (C=O) groups is 1. The van der Waals surface area contributed by atoms with Crippen molar-refractivity contribution in [2.45, 2.75) is 13.3 Å². The number of halogens is 1. The van der Waals surface area contributed by atoms with E-state index < -0.39 is 10.8 Å². The lowest BCUT2D eigenvalue weighted by molar-refractivity contribution is -0.383. The van der Waals surface area contributed by atoms with E-state index in [0.717, 1.165) is 12.0 Å². The van der Waals surface area contributed by atoms with Gasteiger partial charge in [0.1, 0.15) is 5.69 Å². The molecule has 1 amide bonds. The van der Waals surface area contributed by atoms with E-state index in [2.05, 4.69) is 10.6 Å². The summed E-state index contributed by atoms with van der Waals surface area (Å²) in [6.45, 7) is 2.02. The van der Waals surface area contributed by atoms with Gasteiger partial charge in [0.25, 0.3) is 11.6 Å². The first-order valence-electron chi connectivity index (χ1n) is 7.06. The molecule has 2 rings (SSSR count). The van der Waals surface area contributed by atoms with Gasteiger partial charge in [-0.1, -0.05) is 30.7 Å². The standard InChI is InChI=1S/C16H14ClN3O3S/c1-2-10-3-5-11(6-4-10)15(21)19-16(24)18-13-8-7-12(17)9-14(13)20(22)23/h3-9H,2H2,1H3,(H2,18,19,21,24). The topological polar surface area (TPSA) is 84.3 Å². The van der Waals surface area contributed by atoms with Gasteiger partial charge in [-0.25, -0.2) is 0 Å². The molecule has 0 aliphatic heterocycles. The summed E-state index contributed by atoms with van der Waals surface area (Å²) in [7, 11) is 0. The van der Waals surface area contributed by atoms with Crippen LogP contribution in [0.3, 0.4) is 0 Å². The van der Waals surface area contributed by atoms with Crippen molar-refractivity contribution >= 4 is 46.2 Å². The van der Waals surface area contributed by atoms with E-state index in [0.29, 0.717) is 5.56 Å². The number of benzene rings is 2. The Morgan fingerprint density at radius 1 is 1.25 bits per heavy atom. The van der Waals surface area contributed by atoms with E-state index in [1.54, 1.807) is 12.1 Å².